The molecule has 0 aromatic heterocycles. The zero-order chi connectivity index (χ0) is 18.3. The lowest BCUT2D eigenvalue weighted by molar-refractivity contribution is -0.134. The predicted molar refractivity (Wildman–Crippen MR) is 98.8 cm³/mol. The summed E-state index contributed by atoms with van der Waals surface area (Å²) in [6, 6.07) is 14.9. The highest BCUT2D eigenvalue weighted by Crippen LogP contribution is 2.44. The number of fused-ring (bicyclic) bond motifs is 1. The molecule has 4 rings (SSSR count). The van der Waals surface area contributed by atoms with Gasteiger partial charge in [-0.25, -0.2) is 13.6 Å². The Morgan fingerprint density at radius 3 is 2.46 bits per heavy atom. The van der Waals surface area contributed by atoms with Crippen molar-refractivity contribution in [2.24, 2.45) is 11.1 Å². The predicted octanol–water partition coefficient (Wildman–Crippen LogP) is 2.41. The molecule has 0 spiro atoms. The average Bonchev–Trinajstić information content (AvgIpc) is 3.46. The van der Waals surface area contributed by atoms with Crippen molar-refractivity contribution in [3.05, 3.63) is 65.2 Å². The number of benzene rings is 2. The summed E-state index contributed by atoms with van der Waals surface area (Å²) in [4.78, 5) is 15.2. The normalized spacial score (nSPS) is 18.3. The maximum absolute atomic E-state index is 13.3. The van der Waals surface area contributed by atoms with E-state index in [0.29, 0.717) is 19.0 Å². The topological polar surface area (TPSA) is 80.5 Å². The highest BCUT2D eigenvalue weighted by molar-refractivity contribution is 7.89. The van der Waals surface area contributed by atoms with Crippen LogP contribution in [-0.4, -0.2) is 25.8 Å². The number of primary sulfonamides is 1. The first-order chi connectivity index (χ1) is 12.4. The zero-order valence-corrected chi connectivity index (χ0v) is 15.3. The first-order valence-electron chi connectivity index (χ1n) is 8.92. The van der Waals surface area contributed by atoms with Crippen molar-refractivity contribution in [3.63, 3.8) is 0 Å². The number of hydrogen-bond acceptors (Lipinski definition) is 3. The molecule has 0 bridgehead atoms. The van der Waals surface area contributed by atoms with Crippen LogP contribution in [0.2, 0.25) is 0 Å². The molecule has 0 saturated heterocycles. The van der Waals surface area contributed by atoms with E-state index in [1.165, 1.54) is 0 Å². The number of amides is 1. The van der Waals surface area contributed by atoms with E-state index < -0.39 is 10.0 Å². The molecule has 1 fully saturated rings. The molecule has 0 radical (unpaired) electrons. The summed E-state index contributed by atoms with van der Waals surface area (Å²) in [6.07, 6.45) is 2.91. The van der Waals surface area contributed by atoms with E-state index in [4.69, 9.17) is 5.14 Å². The van der Waals surface area contributed by atoms with E-state index >= 15 is 0 Å². The first kappa shape index (κ1) is 17.2. The molecule has 5 nitrogen and oxygen atoms in total. The molecule has 2 aliphatic rings. The Labute approximate surface area is 153 Å². The molecule has 1 aliphatic carbocycles. The fourth-order valence-electron chi connectivity index (χ4n) is 3.80. The van der Waals surface area contributed by atoms with Crippen LogP contribution in [0.15, 0.2) is 53.4 Å². The monoisotopic (exact) mass is 370 g/mol. The third-order valence-electron chi connectivity index (χ3n) is 5.35. The Morgan fingerprint density at radius 2 is 1.81 bits per heavy atom. The molecular formula is C20H22N2O3S. The van der Waals surface area contributed by atoms with Gasteiger partial charge in [0.2, 0.25) is 15.9 Å². The summed E-state index contributed by atoms with van der Waals surface area (Å²) in [6.45, 7) is 1.10. The largest absolute Gasteiger partial charge is 0.337 e. The molecule has 1 aliphatic heterocycles. The average molecular weight is 370 g/mol. The minimum atomic E-state index is -3.74. The second kappa shape index (κ2) is 6.52. The van der Waals surface area contributed by atoms with Crippen molar-refractivity contribution in [3.8, 4) is 0 Å². The van der Waals surface area contributed by atoms with Gasteiger partial charge in [0.05, 0.1) is 10.8 Å². The van der Waals surface area contributed by atoms with Crippen molar-refractivity contribution in [1.82, 2.24) is 4.90 Å². The first-order valence-corrected chi connectivity index (χ1v) is 10.5. The van der Waals surface area contributed by atoms with Crippen molar-refractivity contribution in [1.29, 1.82) is 0 Å². The van der Waals surface area contributed by atoms with Gasteiger partial charge in [0.25, 0.3) is 0 Å². The standard InChI is InChI=1S/C20H22N2O3S/c21-26(24,25)18-9-8-14-10-11-22(13-17(14)12-18)20(23)19(16-6-7-16)15-4-2-1-3-5-15/h1-5,8-9,12,16,19H,6-7,10-11,13H2,(H2,21,24,25). The van der Waals surface area contributed by atoms with Crippen LogP contribution in [-0.2, 0) is 27.8 Å². The number of nitrogens with two attached hydrogens (primary N) is 1. The van der Waals surface area contributed by atoms with Crippen molar-refractivity contribution in [2.45, 2.75) is 36.6 Å². The quantitative estimate of drug-likeness (QED) is 0.897. The molecule has 1 saturated carbocycles. The number of nitrogens with zero attached hydrogens (tertiary/aromatic N) is 1. The molecule has 1 heterocycles. The Morgan fingerprint density at radius 1 is 1.08 bits per heavy atom. The molecule has 2 aromatic carbocycles. The van der Waals surface area contributed by atoms with Crippen LogP contribution >= 0.6 is 0 Å². The van der Waals surface area contributed by atoms with Gasteiger partial charge in [-0.1, -0.05) is 36.4 Å². The van der Waals surface area contributed by atoms with Gasteiger partial charge in [0, 0.05) is 13.1 Å². The van der Waals surface area contributed by atoms with Gasteiger partial charge >= 0.3 is 0 Å². The summed E-state index contributed by atoms with van der Waals surface area (Å²) < 4.78 is 23.2. The minimum absolute atomic E-state index is 0.0980. The van der Waals surface area contributed by atoms with E-state index in [-0.39, 0.29) is 16.7 Å². The van der Waals surface area contributed by atoms with E-state index in [9.17, 15) is 13.2 Å². The summed E-state index contributed by atoms with van der Waals surface area (Å²) in [5, 5.41) is 5.25. The summed E-state index contributed by atoms with van der Waals surface area (Å²) in [5.41, 5.74) is 3.03. The van der Waals surface area contributed by atoms with Gasteiger partial charge in [-0.3, -0.25) is 4.79 Å². The van der Waals surface area contributed by atoms with Crippen LogP contribution in [0.25, 0.3) is 0 Å². The van der Waals surface area contributed by atoms with Gasteiger partial charge < -0.3 is 4.90 Å². The molecular weight excluding hydrogens is 348 g/mol. The summed E-state index contributed by atoms with van der Waals surface area (Å²) >= 11 is 0. The number of rotatable bonds is 4. The lowest BCUT2D eigenvalue weighted by Gasteiger charge is -2.32. The highest BCUT2D eigenvalue weighted by atomic mass is 32.2. The molecule has 2 aromatic rings. The lowest BCUT2D eigenvalue weighted by Crippen LogP contribution is -2.39. The van der Waals surface area contributed by atoms with Crippen LogP contribution in [0.4, 0.5) is 0 Å². The Balaban J connectivity index is 1.60. The van der Waals surface area contributed by atoms with Gasteiger partial charge in [-0.05, 0) is 54.0 Å². The molecule has 1 atom stereocenters. The third kappa shape index (κ3) is 3.39. The van der Waals surface area contributed by atoms with Gasteiger partial charge in [0.1, 0.15) is 0 Å². The fraction of sp³-hybridized carbons (Fsp3) is 0.350. The van der Waals surface area contributed by atoms with Crippen molar-refractivity contribution in [2.75, 3.05) is 6.54 Å². The van der Waals surface area contributed by atoms with E-state index in [0.717, 1.165) is 36.0 Å². The van der Waals surface area contributed by atoms with Crippen molar-refractivity contribution >= 4 is 15.9 Å². The number of carbonyl (C=O) groups is 1. The van der Waals surface area contributed by atoms with Gasteiger partial charge in [0.15, 0.2) is 0 Å². The number of hydrogen-bond donors (Lipinski definition) is 1. The molecule has 1 amide bonds. The second-order valence-electron chi connectivity index (χ2n) is 7.21. The molecule has 6 heteroatoms. The van der Waals surface area contributed by atoms with Gasteiger partial charge in [-0.2, -0.15) is 0 Å². The molecule has 26 heavy (non-hydrogen) atoms. The van der Waals surface area contributed by atoms with Gasteiger partial charge in [-0.15, -0.1) is 0 Å². The lowest BCUT2D eigenvalue weighted by atomic mass is 9.91. The molecule has 2 N–H and O–H groups in total. The maximum Gasteiger partial charge on any atom is 0.238 e. The maximum atomic E-state index is 13.3. The summed E-state index contributed by atoms with van der Waals surface area (Å²) in [5.74, 6) is 0.464. The summed E-state index contributed by atoms with van der Waals surface area (Å²) in [7, 11) is -3.74. The molecule has 1 unspecified atom stereocenters. The molecule has 136 valence electrons. The van der Waals surface area contributed by atoms with Crippen LogP contribution in [0.1, 0.15) is 35.4 Å². The smallest absolute Gasteiger partial charge is 0.238 e. The minimum Gasteiger partial charge on any atom is -0.337 e. The SMILES string of the molecule is NS(=O)(=O)c1ccc2c(c1)CN(C(=O)C(c1ccccc1)C1CC1)CC2. The van der Waals surface area contributed by atoms with E-state index in [2.05, 4.69) is 0 Å². The van der Waals surface area contributed by atoms with Crippen LogP contribution in [0, 0.1) is 5.92 Å². The Hall–Kier alpha value is -2.18. The van der Waals surface area contributed by atoms with Crippen molar-refractivity contribution < 1.29 is 13.2 Å². The third-order valence-corrected chi connectivity index (χ3v) is 6.26. The number of sulfonamides is 1. The van der Waals surface area contributed by atoms with Crippen LogP contribution < -0.4 is 5.14 Å². The zero-order valence-electron chi connectivity index (χ0n) is 14.5. The van der Waals surface area contributed by atoms with Crippen LogP contribution in [0.5, 0.6) is 0 Å². The van der Waals surface area contributed by atoms with E-state index in [1.807, 2.05) is 41.3 Å². The number of carbonyl (C=O) groups excluding carboxylic acids is 1. The van der Waals surface area contributed by atoms with E-state index in [1.54, 1.807) is 12.1 Å². The Bertz CT molecular complexity index is 937. The van der Waals surface area contributed by atoms with Crippen LogP contribution in [0.3, 0.4) is 0 Å². The highest BCUT2D eigenvalue weighted by Gasteiger charge is 2.39. The fourth-order valence-corrected chi connectivity index (χ4v) is 4.37. The second-order valence-corrected chi connectivity index (χ2v) is 8.77. The Kier molecular flexibility index (Phi) is 4.32.